The number of hydrogen-bond donors (Lipinski definition) is 2. The summed E-state index contributed by atoms with van der Waals surface area (Å²) in [4.78, 5) is 10.7. The third-order valence-electron chi connectivity index (χ3n) is 3.99. The van der Waals surface area contributed by atoms with E-state index in [1.807, 2.05) is 0 Å². The van der Waals surface area contributed by atoms with Gasteiger partial charge in [-0.25, -0.2) is 0 Å². The molecular weight excluding hydrogens is 180 g/mol. The van der Waals surface area contributed by atoms with Gasteiger partial charge in [0.1, 0.15) is 0 Å². The fraction of sp³-hybridized carbons (Fsp3) is 0.909. The molecule has 2 aliphatic carbocycles. The van der Waals surface area contributed by atoms with Gasteiger partial charge in [-0.05, 0) is 31.1 Å². The third kappa shape index (κ3) is 1.65. The Bertz CT molecular complexity index is 239. The molecule has 3 atom stereocenters. The van der Waals surface area contributed by atoms with Crippen molar-refractivity contribution in [2.24, 2.45) is 11.8 Å². The summed E-state index contributed by atoms with van der Waals surface area (Å²) in [5, 5.41) is 19.1. The normalized spacial score (nSPS) is 42.1. The van der Waals surface area contributed by atoms with Crippen LogP contribution in [0.4, 0.5) is 0 Å². The first-order chi connectivity index (χ1) is 6.62. The molecule has 0 heterocycles. The van der Waals surface area contributed by atoms with E-state index in [0.717, 1.165) is 19.3 Å². The van der Waals surface area contributed by atoms with Crippen LogP contribution in [-0.2, 0) is 4.79 Å². The highest BCUT2D eigenvalue weighted by Crippen LogP contribution is 2.48. The van der Waals surface area contributed by atoms with E-state index in [-0.39, 0.29) is 12.3 Å². The lowest BCUT2D eigenvalue weighted by atomic mass is 9.69. The predicted octanol–water partition coefficient (Wildman–Crippen LogP) is 1.79. The Morgan fingerprint density at radius 1 is 1.29 bits per heavy atom. The number of carboxylic acid groups (broad SMARTS) is 1. The van der Waals surface area contributed by atoms with Gasteiger partial charge in [0.05, 0.1) is 12.0 Å². The lowest BCUT2D eigenvalue weighted by Gasteiger charge is -2.40. The van der Waals surface area contributed by atoms with Gasteiger partial charge in [-0.3, -0.25) is 4.79 Å². The van der Waals surface area contributed by atoms with Crippen LogP contribution in [0.3, 0.4) is 0 Å². The van der Waals surface area contributed by atoms with Crippen molar-refractivity contribution in [1.82, 2.24) is 0 Å². The Balaban J connectivity index is 2.11. The molecule has 3 nitrogen and oxygen atoms in total. The molecule has 0 bridgehead atoms. The largest absolute Gasteiger partial charge is 0.481 e. The summed E-state index contributed by atoms with van der Waals surface area (Å²) in [5.41, 5.74) is -0.898. The minimum atomic E-state index is -0.898. The standard InChI is InChI=1S/C11H18O3/c12-10(13)7-11(14)6-2-4-8-3-1-5-9(8)11/h8-9,14H,1-7H2,(H,12,13). The van der Waals surface area contributed by atoms with Gasteiger partial charge < -0.3 is 10.2 Å². The van der Waals surface area contributed by atoms with Crippen LogP contribution in [0.1, 0.15) is 44.9 Å². The number of rotatable bonds is 2. The minimum absolute atomic E-state index is 0.0613. The summed E-state index contributed by atoms with van der Waals surface area (Å²) >= 11 is 0. The van der Waals surface area contributed by atoms with Crippen molar-refractivity contribution >= 4 is 5.97 Å². The van der Waals surface area contributed by atoms with Gasteiger partial charge in [0, 0.05) is 0 Å². The monoisotopic (exact) mass is 198 g/mol. The Morgan fingerprint density at radius 3 is 2.71 bits per heavy atom. The molecule has 3 heteroatoms. The van der Waals surface area contributed by atoms with Crippen molar-refractivity contribution in [3.05, 3.63) is 0 Å². The van der Waals surface area contributed by atoms with E-state index in [1.165, 1.54) is 12.8 Å². The second-order valence-electron chi connectivity index (χ2n) is 4.86. The SMILES string of the molecule is O=C(O)CC1(O)CCCC2CCCC21. The van der Waals surface area contributed by atoms with Gasteiger partial charge in [-0.1, -0.05) is 19.3 Å². The maximum absolute atomic E-state index is 10.7. The van der Waals surface area contributed by atoms with Gasteiger partial charge in [-0.15, -0.1) is 0 Å². The molecule has 80 valence electrons. The molecule has 2 rings (SSSR count). The molecule has 0 radical (unpaired) electrons. The van der Waals surface area contributed by atoms with Gasteiger partial charge in [0.15, 0.2) is 0 Å². The lowest BCUT2D eigenvalue weighted by molar-refractivity contribution is -0.148. The van der Waals surface area contributed by atoms with Crippen LogP contribution in [0, 0.1) is 11.8 Å². The van der Waals surface area contributed by atoms with Crippen molar-refractivity contribution in [2.75, 3.05) is 0 Å². The zero-order chi connectivity index (χ0) is 10.2. The molecule has 2 saturated carbocycles. The average Bonchev–Trinajstić information content (AvgIpc) is 2.51. The third-order valence-corrected chi connectivity index (χ3v) is 3.99. The number of aliphatic hydroxyl groups is 1. The lowest BCUT2D eigenvalue weighted by Crippen LogP contribution is -2.44. The molecule has 0 spiro atoms. The molecule has 0 aromatic heterocycles. The molecule has 0 aromatic carbocycles. The number of hydrogen-bond acceptors (Lipinski definition) is 2. The zero-order valence-corrected chi connectivity index (χ0v) is 8.41. The minimum Gasteiger partial charge on any atom is -0.481 e. The molecule has 0 aliphatic heterocycles. The van der Waals surface area contributed by atoms with Crippen molar-refractivity contribution in [1.29, 1.82) is 0 Å². The summed E-state index contributed by atoms with van der Waals surface area (Å²) in [7, 11) is 0. The second-order valence-corrected chi connectivity index (χ2v) is 4.86. The summed E-state index contributed by atoms with van der Waals surface area (Å²) in [6.45, 7) is 0. The first kappa shape index (κ1) is 9.97. The Labute approximate surface area is 84.1 Å². The number of carbonyl (C=O) groups is 1. The first-order valence-electron chi connectivity index (χ1n) is 5.56. The molecule has 0 saturated heterocycles. The molecule has 0 aromatic rings. The van der Waals surface area contributed by atoms with E-state index < -0.39 is 11.6 Å². The van der Waals surface area contributed by atoms with Crippen molar-refractivity contribution in [2.45, 2.75) is 50.5 Å². The molecule has 14 heavy (non-hydrogen) atoms. The topological polar surface area (TPSA) is 57.5 Å². The smallest absolute Gasteiger partial charge is 0.306 e. The van der Waals surface area contributed by atoms with Crippen LogP contribution < -0.4 is 0 Å². The van der Waals surface area contributed by atoms with E-state index >= 15 is 0 Å². The highest BCUT2D eigenvalue weighted by atomic mass is 16.4. The maximum atomic E-state index is 10.7. The molecule has 2 aliphatic rings. The highest BCUT2D eigenvalue weighted by Gasteiger charge is 2.47. The number of carboxylic acids is 1. The predicted molar refractivity (Wildman–Crippen MR) is 51.9 cm³/mol. The van der Waals surface area contributed by atoms with Crippen LogP contribution in [0.25, 0.3) is 0 Å². The van der Waals surface area contributed by atoms with Crippen LogP contribution in [0.15, 0.2) is 0 Å². The van der Waals surface area contributed by atoms with Gasteiger partial charge >= 0.3 is 5.97 Å². The number of fused-ring (bicyclic) bond motifs is 1. The van der Waals surface area contributed by atoms with Gasteiger partial charge in [-0.2, -0.15) is 0 Å². The fourth-order valence-electron chi connectivity index (χ4n) is 3.43. The average molecular weight is 198 g/mol. The quantitative estimate of drug-likeness (QED) is 0.711. The van der Waals surface area contributed by atoms with Gasteiger partial charge in [0.25, 0.3) is 0 Å². The van der Waals surface area contributed by atoms with Crippen molar-refractivity contribution in [3.63, 3.8) is 0 Å². The van der Waals surface area contributed by atoms with E-state index in [2.05, 4.69) is 0 Å². The zero-order valence-electron chi connectivity index (χ0n) is 8.41. The molecule has 2 fully saturated rings. The van der Waals surface area contributed by atoms with Gasteiger partial charge in [0.2, 0.25) is 0 Å². The Hall–Kier alpha value is -0.570. The van der Waals surface area contributed by atoms with E-state index in [9.17, 15) is 9.90 Å². The van der Waals surface area contributed by atoms with Crippen molar-refractivity contribution < 1.29 is 15.0 Å². The van der Waals surface area contributed by atoms with Crippen LogP contribution >= 0.6 is 0 Å². The Kier molecular flexibility index (Phi) is 2.52. The highest BCUT2D eigenvalue weighted by molar-refractivity contribution is 5.68. The molecule has 0 amide bonds. The van der Waals surface area contributed by atoms with Crippen LogP contribution in [0.5, 0.6) is 0 Å². The van der Waals surface area contributed by atoms with Crippen molar-refractivity contribution in [3.8, 4) is 0 Å². The van der Waals surface area contributed by atoms with E-state index in [4.69, 9.17) is 5.11 Å². The molecule has 3 unspecified atom stereocenters. The van der Waals surface area contributed by atoms with Crippen LogP contribution in [0.2, 0.25) is 0 Å². The summed E-state index contributed by atoms with van der Waals surface area (Å²) < 4.78 is 0. The molecular formula is C11H18O3. The summed E-state index contributed by atoms with van der Waals surface area (Å²) in [6.07, 6.45) is 6.17. The maximum Gasteiger partial charge on any atom is 0.306 e. The van der Waals surface area contributed by atoms with E-state index in [1.54, 1.807) is 0 Å². The summed E-state index contributed by atoms with van der Waals surface area (Å²) in [6, 6.07) is 0. The van der Waals surface area contributed by atoms with E-state index in [0.29, 0.717) is 12.3 Å². The summed E-state index contributed by atoms with van der Waals surface area (Å²) in [5.74, 6) is -0.0134. The molecule has 2 N–H and O–H groups in total. The van der Waals surface area contributed by atoms with Crippen LogP contribution in [-0.4, -0.2) is 21.8 Å². The second kappa shape index (κ2) is 3.54. The fourth-order valence-corrected chi connectivity index (χ4v) is 3.43. The number of aliphatic carboxylic acids is 1. The first-order valence-corrected chi connectivity index (χ1v) is 5.56. The Morgan fingerprint density at radius 2 is 2.00 bits per heavy atom.